The molecular weight excluding hydrogens is 392 g/mol. The Balaban J connectivity index is 1.42. The van der Waals surface area contributed by atoms with E-state index in [0.29, 0.717) is 29.2 Å². The number of amides is 2. The molecule has 1 fully saturated rings. The van der Waals surface area contributed by atoms with Crippen molar-refractivity contribution >= 4 is 33.2 Å². The Morgan fingerprint density at radius 3 is 2.69 bits per heavy atom. The van der Waals surface area contributed by atoms with Crippen LogP contribution in [0.15, 0.2) is 36.9 Å². The van der Waals surface area contributed by atoms with Crippen molar-refractivity contribution in [2.75, 3.05) is 23.4 Å². The number of fused-ring (bicyclic) bond motifs is 1. The summed E-state index contributed by atoms with van der Waals surface area (Å²) in [6.07, 6.45) is 0.568. The zero-order valence-electron chi connectivity index (χ0n) is 16.1. The highest BCUT2D eigenvalue weighted by Crippen LogP contribution is 2.31. The lowest BCUT2D eigenvalue weighted by Crippen LogP contribution is -2.28. The predicted molar refractivity (Wildman–Crippen MR) is 109 cm³/mol. The molecule has 0 saturated carbocycles. The summed E-state index contributed by atoms with van der Waals surface area (Å²) in [4.78, 5) is 26.6. The van der Waals surface area contributed by atoms with Crippen LogP contribution in [0, 0.1) is 6.92 Å². The molecule has 2 aliphatic heterocycles. The third kappa shape index (κ3) is 3.69. The van der Waals surface area contributed by atoms with E-state index in [9.17, 15) is 18.0 Å². The smallest absolute Gasteiger partial charge is 0.258 e. The Morgan fingerprint density at radius 1 is 1.31 bits per heavy atom. The molecule has 2 aromatic rings. The molecule has 1 aromatic heterocycles. The van der Waals surface area contributed by atoms with E-state index in [-0.39, 0.29) is 42.3 Å². The van der Waals surface area contributed by atoms with E-state index >= 15 is 0 Å². The van der Waals surface area contributed by atoms with Gasteiger partial charge in [-0.05, 0) is 19.4 Å². The summed E-state index contributed by atoms with van der Waals surface area (Å²) in [5, 5.41) is 7.17. The van der Waals surface area contributed by atoms with E-state index in [1.54, 1.807) is 29.8 Å². The zero-order valence-corrected chi connectivity index (χ0v) is 16.9. The maximum Gasteiger partial charge on any atom is 0.258 e. The molecule has 1 N–H and O–H groups in total. The molecule has 0 bridgehead atoms. The van der Waals surface area contributed by atoms with E-state index in [1.807, 2.05) is 12.1 Å². The number of rotatable bonds is 5. The van der Waals surface area contributed by atoms with Crippen molar-refractivity contribution in [3.8, 4) is 0 Å². The Hall–Kier alpha value is -2.94. The van der Waals surface area contributed by atoms with Gasteiger partial charge in [-0.2, -0.15) is 5.10 Å². The van der Waals surface area contributed by atoms with Crippen LogP contribution in [0.2, 0.25) is 0 Å². The van der Waals surface area contributed by atoms with Crippen LogP contribution >= 0.6 is 0 Å². The first-order chi connectivity index (χ1) is 13.7. The summed E-state index contributed by atoms with van der Waals surface area (Å²) in [7, 11) is -3.07. The van der Waals surface area contributed by atoms with Gasteiger partial charge in [0, 0.05) is 35.9 Å². The van der Waals surface area contributed by atoms with Gasteiger partial charge in [0.1, 0.15) is 5.82 Å². The summed E-state index contributed by atoms with van der Waals surface area (Å²) >= 11 is 0. The second-order valence-electron chi connectivity index (χ2n) is 7.42. The number of carbonyl (C=O) groups is 2. The fraction of sp³-hybridized carbons (Fsp3) is 0.350. The van der Waals surface area contributed by atoms with E-state index in [2.05, 4.69) is 17.0 Å². The molecule has 0 aliphatic carbocycles. The van der Waals surface area contributed by atoms with Crippen LogP contribution in [0.25, 0.3) is 5.70 Å². The number of nitrogens with one attached hydrogen (secondary N) is 1. The summed E-state index contributed by atoms with van der Waals surface area (Å²) in [5.74, 6) is 0.199. The largest absolute Gasteiger partial charge is 0.311 e. The van der Waals surface area contributed by atoms with Crippen molar-refractivity contribution in [2.45, 2.75) is 25.8 Å². The molecule has 29 heavy (non-hydrogen) atoms. The first-order valence-electron chi connectivity index (χ1n) is 9.42. The molecular formula is C20H22N4O4S. The molecule has 4 rings (SSSR count). The summed E-state index contributed by atoms with van der Waals surface area (Å²) < 4.78 is 25.2. The van der Waals surface area contributed by atoms with Gasteiger partial charge in [0.25, 0.3) is 5.91 Å². The Kier molecular flexibility index (Phi) is 4.77. The Morgan fingerprint density at radius 2 is 2.03 bits per heavy atom. The molecule has 0 radical (unpaired) electrons. The van der Waals surface area contributed by atoms with Crippen molar-refractivity contribution in [3.63, 3.8) is 0 Å². The monoisotopic (exact) mass is 414 g/mol. The molecule has 2 aliphatic rings. The van der Waals surface area contributed by atoms with Gasteiger partial charge in [-0.25, -0.2) is 13.1 Å². The van der Waals surface area contributed by atoms with Gasteiger partial charge in [0.2, 0.25) is 5.91 Å². The highest BCUT2D eigenvalue weighted by molar-refractivity contribution is 7.91. The number of nitrogens with zero attached hydrogens (tertiary/aromatic N) is 3. The lowest BCUT2D eigenvalue weighted by atomic mass is 10.1. The van der Waals surface area contributed by atoms with Gasteiger partial charge < -0.3 is 10.2 Å². The SMILES string of the molecule is C=C1c2ccccc2C(=O)N1CCC(=O)Nc1cc(C)nn1[C@H]1CCS(=O)(=O)C1. The number of benzene rings is 1. The standard InChI is InChI=1S/C20H22N4O4S/c1-13-11-18(24(22-13)15-8-10-29(27,28)12-15)21-19(25)7-9-23-14(2)16-5-3-4-6-17(16)20(23)26/h3-6,11,15H,2,7-10,12H2,1H3,(H,21,25)/t15-/m0/s1. The number of aromatic nitrogens is 2. The van der Waals surface area contributed by atoms with Crippen molar-refractivity contribution in [1.29, 1.82) is 0 Å². The highest BCUT2D eigenvalue weighted by Gasteiger charge is 2.32. The van der Waals surface area contributed by atoms with Crippen LogP contribution in [-0.4, -0.2) is 53.0 Å². The van der Waals surface area contributed by atoms with Gasteiger partial charge >= 0.3 is 0 Å². The average Bonchev–Trinajstić information content (AvgIpc) is 3.29. The quantitative estimate of drug-likeness (QED) is 0.806. The average molecular weight is 414 g/mol. The summed E-state index contributed by atoms with van der Waals surface area (Å²) in [6, 6.07) is 8.68. The first kappa shape index (κ1) is 19.4. The van der Waals surface area contributed by atoms with Crippen LogP contribution in [-0.2, 0) is 14.6 Å². The van der Waals surface area contributed by atoms with Gasteiger partial charge in [-0.1, -0.05) is 24.8 Å². The third-order valence-electron chi connectivity index (χ3n) is 5.28. The second-order valence-corrected chi connectivity index (χ2v) is 9.65. The van der Waals surface area contributed by atoms with Crippen molar-refractivity contribution < 1.29 is 18.0 Å². The number of hydrogen-bond acceptors (Lipinski definition) is 5. The molecule has 1 aromatic carbocycles. The molecule has 1 saturated heterocycles. The number of aryl methyl sites for hydroxylation is 1. The predicted octanol–water partition coefficient (Wildman–Crippen LogP) is 2.01. The zero-order chi connectivity index (χ0) is 20.8. The Bertz CT molecular complexity index is 1080. The van der Waals surface area contributed by atoms with Gasteiger partial charge in [0.15, 0.2) is 9.84 Å². The van der Waals surface area contributed by atoms with Crippen molar-refractivity contribution in [3.05, 3.63) is 53.7 Å². The minimum atomic E-state index is -3.07. The fourth-order valence-corrected chi connectivity index (χ4v) is 5.54. The molecule has 0 unspecified atom stereocenters. The lowest BCUT2D eigenvalue weighted by Gasteiger charge is -2.18. The molecule has 9 heteroatoms. The van der Waals surface area contributed by atoms with E-state index in [0.717, 1.165) is 5.56 Å². The van der Waals surface area contributed by atoms with E-state index < -0.39 is 9.84 Å². The molecule has 2 amide bonds. The molecule has 1 atom stereocenters. The summed E-state index contributed by atoms with van der Waals surface area (Å²) in [6.45, 7) is 5.98. The van der Waals surface area contributed by atoms with Gasteiger partial charge in [-0.15, -0.1) is 0 Å². The van der Waals surface area contributed by atoms with E-state index in [1.165, 1.54) is 4.90 Å². The van der Waals surface area contributed by atoms with Crippen molar-refractivity contribution in [1.82, 2.24) is 14.7 Å². The molecule has 8 nitrogen and oxygen atoms in total. The topological polar surface area (TPSA) is 101 Å². The van der Waals surface area contributed by atoms with Crippen molar-refractivity contribution in [2.24, 2.45) is 0 Å². The molecule has 3 heterocycles. The first-order valence-corrected chi connectivity index (χ1v) is 11.2. The van der Waals surface area contributed by atoms with Gasteiger partial charge in [0.05, 0.1) is 23.2 Å². The maximum atomic E-state index is 12.5. The lowest BCUT2D eigenvalue weighted by molar-refractivity contribution is -0.116. The Labute approximate surface area is 169 Å². The van der Waals surface area contributed by atoms with E-state index in [4.69, 9.17) is 0 Å². The molecule has 0 spiro atoms. The van der Waals surface area contributed by atoms with Crippen LogP contribution in [0.1, 0.15) is 40.5 Å². The molecule has 152 valence electrons. The van der Waals surface area contributed by atoms with Crippen LogP contribution in [0.5, 0.6) is 0 Å². The van der Waals surface area contributed by atoms with Gasteiger partial charge in [-0.3, -0.25) is 9.59 Å². The number of anilines is 1. The second kappa shape index (κ2) is 7.14. The van der Waals surface area contributed by atoms with Crippen LogP contribution in [0.4, 0.5) is 5.82 Å². The minimum Gasteiger partial charge on any atom is -0.311 e. The van der Waals surface area contributed by atoms with Crippen LogP contribution < -0.4 is 5.32 Å². The number of hydrogen-bond donors (Lipinski definition) is 1. The third-order valence-corrected chi connectivity index (χ3v) is 7.03. The summed E-state index contributed by atoms with van der Waals surface area (Å²) in [5.41, 5.74) is 2.67. The maximum absolute atomic E-state index is 12.5. The van der Waals surface area contributed by atoms with Crippen LogP contribution in [0.3, 0.4) is 0 Å². The fourth-order valence-electron chi connectivity index (χ4n) is 3.85. The minimum absolute atomic E-state index is 0.0252. The normalized spacial score (nSPS) is 20.2. The highest BCUT2D eigenvalue weighted by atomic mass is 32.2. The number of sulfone groups is 1. The number of carbonyl (C=O) groups excluding carboxylic acids is 2.